The fraction of sp³-hybridized carbons (Fsp3) is 0.188. The summed E-state index contributed by atoms with van der Waals surface area (Å²) < 4.78 is 11.0. The molecule has 1 aliphatic rings. The predicted molar refractivity (Wildman–Crippen MR) is 78.4 cm³/mol. The molecule has 108 valence electrons. The maximum atomic E-state index is 12.2. The Kier molecular flexibility index (Phi) is 3.47. The smallest absolute Gasteiger partial charge is 0.170 e. The zero-order valence-corrected chi connectivity index (χ0v) is 12.1. The maximum absolute atomic E-state index is 12.2. The number of ether oxygens (including phenoxy) is 2. The molecule has 1 unspecified atom stereocenters. The molecule has 0 spiro atoms. The Morgan fingerprint density at radius 1 is 1.29 bits per heavy atom. The first-order chi connectivity index (χ1) is 10.1. The van der Waals surface area contributed by atoms with E-state index in [9.17, 15) is 9.90 Å². The van der Waals surface area contributed by atoms with Crippen molar-refractivity contribution in [2.75, 3.05) is 7.11 Å². The number of benzene rings is 2. The van der Waals surface area contributed by atoms with Crippen LogP contribution in [0.4, 0.5) is 0 Å². The molecule has 1 atom stereocenters. The van der Waals surface area contributed by atoms with E-state index in [-0.39, 0.29) is 23.0 Å². The lowest BCUT2D eigenvalue weighted by atomic mass is 9.96. The van der Waals surface area contributed by atoms with Gasteiger partial charge < -0.3 is 14.6 Å². The number of ketones is 1. The molecule has 2 aromatic rings. The highest BCUT2D eigenvalue weighted by Crippen LogP contribution is 2.38. The third-order valence-electron chi connectivity index (χ3n) is 3.47. The molecule has 1 heterocycles. The summed E-state index contributed by atoms with van der Waals surface area (Å²) in [6, 6.07) is 9.94. The number of carbonyl (C=O) groups excluding carboxylic acids is 1. The molecular weight excluding hydrogens is 292 g/mol. The molecule has 1 N–H and O–H groups in total. The zero-order chi connectivity index (χ0) is 15.0. The van der Waals surface area contributed by atoms with Crippen LogP contribution < -0.4 is 9.47 Å². The van der Waals surface area contributed by atoms with Gasteiger partial charge in [-0.15, -0.1) is 0 Å². The summed E-state index contributed by atoms with van der Waals surface area (Å²) in [5.74, 6) is 1.14. The van der Waals surface area contributed by atoms with Gasteiger partial charge in [-0.2, -0.15) is 0 Å². The third kappa shape index (κ3) is 2.54. The van der Waals surface area contributed by atoms with Crippen LogP contribution in [-0.2, 0) is 0 Å². The first kappa shape index (κ1) is 13.8. The average molecular weight is 305 g/mol. The quantitative estimate of drug-likeness (QED) is 0.918. The number of halogens is 1. The molecule has 0 saturated heterocycles. The minimum Gasteiger partial charge on any atom is -0.506 e. The van der Waals surface area contributed by atoms with Gasteiger partial charge in [-0.25, -0.2) is 0 Å². The van der Waals surface area contributed by atoms with Crippen LogP contribution in [0.15, 0.2) is 36.4 Å². The number of phenols is 1. The molecular formula is C16H13ClO4. The van der Waals surface area contributed by atoms with E-state index in [1.54, 1.807) is 37.4 Å². The molecule has 3 rings (SSSR count). The summed E-state index contributed by atoms with van der Waals surface area (Å²) in [5.41, 5.74) is 1.30. The molecule has 0 aromatic heterocycles. The van der Waals surface area contributed by atoms with Crippen molar-refractivity contribution in [2.24, 2.45) is 0 Å². The second-order valence-electron chi connectivity index (χ2n) is 4.81. The van der Waals surface area contributed by atoms with E-state index in [2.05, 4.69) is 0 Å². The van der Waals surface area contributed by atoms with Crippen LogP contribution in [0.3, 0.4) is 0 Å². The van der Waals surface area contributed by atoms with Crippen LogP contribution in [0.25, 0.3) is 0 Å². The number of methoxy groups -OCH3 is 1. The molecule has 0 aliphatic carbocycles. The molecule has 1 aliphatic heterocycles. The van der Waals surface area contributed by atoms with Crippen LogP contribution >= 0.6 is 11.6 Å². The van der Waals surface area contributed by atoms with E-state index >= 15 is 0 Å². The van der Waals surface area contributed by atoms with Crippen molar-refractivity contribution in [3.05, 3.63) is 52.5 Å². The average Bonchev–Trinajstić information content (AvgIpc) is 2.49. The summed E-state index contributed by atoms with van der Waals surface area (Å²) in [4.78, 5) is 12.2. The van der Waals surface area contributed by atoms with Gasteiger partial charge in [0.1, 0.15) is 23.4 Å². The molecule has 21 heavy (non-hydrogen) atoms. The zero-order valence-electron chi connectivity index (χ0n) is 11.3. The van der Waals surface area contributed by atoms with Crippen molar-refractivity contribution >= 4 is 17.4 Å². The lowest BCUT2D eigenvalue weighted by molar-refractivity contribution is 0.0849. The van der Waals surface area contributed by atoms with Gasteiger partial charge in [-0.05, 0) is 29.8 Å². The maximum Gasteiger partial charge on any atom is 0.170 e. The van der Waals surface area contributed by atoms with Crippen molar-refractivity contribution < 1.29 is 19.4 Å². The Morgan fingerprint density at radius 3 is 2.81 bits per heavy atom. The summed E-state index contributed by atoms with van der Waals surface area (Å²) in [7, 11) is 1.56. The van der Waals surface area contributed by atoms with Gasteiger partial charge in [0.15, 0.2) is 5.78 Å². The fourth-order valence-corrected chi connectivity index (χ4v) is 2.53. The predicted octanol–water partition coefficient (Wildman–Crippen LogP) is 3.76. The summed E-state index contributed by atoms with van der Waals surface area (Å²) >= 11 is 5.91. The first-order valence-corrected chi connectivity index (χ1v) is 6.82. The van der Waals surface area contributed by atoms with E-state index in [4.69, 9.17) is 21.1 Å². The normalized spacial score (nSPS) is 17.0. The molecule has 0 saturated carbocycles. The van der Waals surface area contributed by atoms with Crippen LogP contribution in [0.2, 0.25) is 5.02 Å². The SMILES string of the molecule is COc1ccc2c(c1)OC(c1ccc(O)c(Cl)c1)CC2=O. The van der Waals surface area contributed by atoms with Gasteiger partial charge in [0, 0.05) is 6.07 Å². The summed E-state index contributed by atoms with van der Waals surface area (Å²) in [5, 5.41) is 9.70. The Bertz CT molecular complexity index is 711. The Hall–Kier alpha value is -2.20. The van der Waals surface area contributed by atoms with Gasteiger partial charge >= 0.3 is 0 Å². The number of phenolic OH excluding ortho intramolecular Hbond substituents is 1. The van der Waals surface area contributed by atoms with Crippen molar-refractivity contribution in [3.63, 3.8) is 0 Å². The summed E-state index contributed by atoms with van der Waals surface area (Å²) in [6.45, 7) is 0. The molecule has 5 heteroatoms. The molecule has 0 amide bonds. The highest BCUT2D eigenvalue weighted by Gasteiger charge is 2.28. The molecule has 2 aromatic carbocycles. The van der Waals surface area contributed by atoms with Gasteiger partial charge in [0.05, 0.1) is 24.1 Å². The van der Waals surface area contributed by atoms with Crippen molar-refractivity contribution in [3.8, 4) is 17.2 Å². The first-order valence-electron chi connectivity index (χ1n) is 6.45. The van der Waals surface area contributed by atoms with E-state index in [0.29, 0.717) is 17.1 Å². The Balaban J connectivity index is 1.96. The second-order valence-corrected chi connectivity index (χ2v) is 5.21. The second kappa shape index (κ2) is 5.30. The van der Waals surface area contributed by atoms with E-state index in [1.165, 1.54) is 6.07 Å². The monoisotopic (exact) mass is 304 g/mol. The van der Waals surface area contributed by atoms with Crippen molar-refractivity contribution in [1.82, 2.24) is 0 Å². The highest BCUT2D eigenvalue weighted by molar-refractivity contribution is 6.32. The van der Waals surface area contributed by atoms with Crippen LogP contribution in [0, 0.1) is 0 Å². The fourth-order valence-electron chi connectivity index (χ4n) is 2.34. The van der Waals surface area contributed by atoms with E-state index in [0.717, 1.165) is 5.56 Å². The molecule has 4 nitrogen and oxygen atoms in total. The topological polar surface area (TPSA) is 55.8 Å². The van der Waals surface area contributed by atoms with Crippen LogP contribution in [0.5, 0.6) is 17.2 Å². The minimum absolute atomic E-state index is 0.00428. The Labute approximate surface area is 126 Å². The number of hydrogen-bond acceptors (Lipinski definition) is 4. The van der Waals surface area contributed by atoms with Gasteiger partial charge in [-0.3, -0.25) is 4.79 Å². The number of fused-ring (bicyclic) bond motifs is 1. The number of Topliss-reactive ketones (excluding diaryl/α,β-unsaturated/α-hetero) is 1. The summed E-state index contributed by atoms with van der Waals surface area (Å²) in [6.07, 6.45) is -0.185. The number of rotatable bonds is 2. The standard InChI is InChI=1S/C16H13ClO4/c1-20-10-3-4-11-14(19)8-15(21-16(11)7-10)9-2-5-13(18)12(17)6-9/h2-7,15,18H,8H2,1H3. The Morgan fingerprint density at radius 2 is 2.10 bits per heavy atom. The van der Waals surface area contributed by atoms with Crippen molar-refractivity contribution in [2.45, 2.75) is 12.5 Å². The van der Waals surface area contributed by atoms with E-state index < -0.39 is 6.10 Å². The van der Waals surface area contributed by atoms with Crippen LogP contribution in [0.1, 0.15) is 28.4 Å². The third-order valence-corrected chi connectivity index (χ3v) is 3.78. The van der Waals surface area contributed by atoms with Crippen LogP contribution in [-0.4, -0.2) is 18.0 Å². The van der Waals surface area contributed by atoms with Gasteiger partial charge in [0.2, 0.25) is 0 Å². The number of hydrogen-bond donors (Lipinski definition) is 1. The lowest BCUT2D eigenvalue weighted by Crippen LogP contribution is -2.20. The highest BCUT2D eigenvalue weighted by atomic mass is 35.5. The molecule has 0 fully saturated rings. The minimum atomic E-state index is -0.421. The van der Waals surface area contributed by atoms with Crippen molar-refractivity contribution in [1.29, 1.82) is 0 Å². The van der Waals surface area contributed by atoms with Gasteiger partial charge in [0.25, 0.3) is 0 Å². The molecule has 0 bridgehead atoms. The number of carbonyl (C=O) groups is 1. The molecule has 0 radical (unpaired) electrons. The lowest BCUT2D eigenvalue weighted by Gasteiger charge is -2.26. The van der Waals surface area contributed by atoms with Gasteiger partial charge in [-0.1, -0.05) is 17.7 Å². The number of aromatic hydroxyl groups is 1. The largest absolute Gasteiger partial charge is 0.506 e. The van der Waals surface area contributed by atoms with E-state index in [1.807, 2.05) is 0 Å².